The predicted octanol–water partition coefficient (Wildman–Crippen LogP) is 3.73. The molecular weight excluding hydrogens is 388 g/mol. The van der Waals surface area contributed by atoms with Crippen LogP contribution in [0.3, 0.4) is 0 Å². The Morgan fingerprint density at radius 2 is 1.65 bits per heavy atom. The third-order valence-corrected chi connectivity index (χ3v) is 5.67. The highest BCUT2D eigenvalue weighted by molar-refractivity contribution is 6.05. The fourth-order valence-electron chi connectivity index (χ4n) is 3.92. The molecule has 31 heavy (non-hydrogen) atoms. The van der Waals surface area contributed by atoms with Gasteiger partial charge < -0.3 is 19.4 Å². The normalized spacial score (nSPS) is 13.5. The zero-order chi connectivity index (χ0) is 22.0. The molecule has 160 valence electrons. The van der Waals surface area contributed by atoms with E-state index in [4.69, 9.17) is 0 Å². The molecule has 0 aliphatic heterocycles. The van der Waals surface area contributed by atoms with Gasteiger partial charge >= 0.3 is 0 Å². The van der Waals surface area contributed by atoms with Gasteiger partial charge in [-0.1, -0.05) is 6.92 Å². The summed E-state index contributed by atoms with van der Waals surface area (Å²) in [6.45, 7) is 7.04. The second kappa shape index (κ2) is 8.88. The summed E-state index contributed by atoms with van der Waals surface area (Å²) in [5.41, 5.74) is 4.34. The number of nitrogens with one attached hydrogen (secondary N) is 2. The Bertz CT molecular complexity index is 1240. The van der Waals surface area contributed by atoms with Crippen molar-refractivity contribution >= 4 is 22.6 Å². The van der Waals surface area contributed by atoms with Crippen molar-refractivity contribution in [1.29, 1.82) is 0 Å². The zero-order valence-corrected chi connectivity index (χ0v) is 18.1. The van der Waals surface area contributed by atoms with Crippen molar-refractivity contribution in [2.75, 3.05) is 6.54 Å². The molecule has 0 amide bonds. The smallest absolute Gasteiger partial charge is 0.181 e. The highest BCUT2D eigenvalue weighted by Crippen LogP contribution is 2.18. The molecule has 6 heteroatoms. The first-order chi connectivity index (χ1) is 15.0. The van der Waals surface area contributed by atoms with Crippen LogP contribution < -0.4 is 10.6 Å². The van der Waals surface area contributed by atoms with Crippen molar-refractivity contribution in [2.45, 2.75) is 39.4 Å². The van der Waals surface area contributed by atoms with Crippen molar-refractivity contribution in [3.05, 3.63) is 83.9 Å². The number of carbonyl (C=O) groups is 2. The highest BCUT2D eigenvalue weighted by atomic mass is 16.1. The molecule has 4 aromatic heterocycles. The Labute approximate surface area is 181 Å². The largest absolute Gasteiger partial charge is 0.323 e. The van der Waals surface area contributed by atoms with Crippen LogP contribution in [-0.4, -0.2) is 39.0 Å². The number of hydrogen-bond donors (Lipinski definition) is 2. The molecule has 0 spiro atoms. The first kappa shape index (κ1) is 21.0. The number of ketones is 2. The van der Waals surface area contributed by atoms with E-state index in [2.05, 4.69) is 10.6 Å². The molecule has 0 aliphatic rings. The minimum absolute atomic E-state index is 0.0506. The number of carbonyl (C=O) groups excluding carboxylic acids is 2. The van der Waals surface area contributed by atoms with E-state index in [-0.39, 0.29) is 23.7 Å². The first-order valence-electron chi connectivity index (χ1n) is 10.7. The quantitative estimate of drug-likeness (QED) is 0.408. The maximum absolute atomic E-state index is 12.9. The van der Waals surface area contributed by atoms with Gasteiger partial charge in [-0.2, -0.15) is 0 Å². The summed E-state index contributed by atoms with van der Waals surface area (Å²) in [5.74, 6) is 0.128. The van der Waals surface area contributed by atoms with Gasteiger partial charge in [0.25, 0.3) is 0 Å². The Balaban J connectivity index is 1.47. The number of rotatable bonds is 9. The standard InChI is InChI=1S/C25H28N4O2/c1-4-26-18(3)25(31)22-8-6-12-29-15-19(13-23(22)29)14-27-17(2)24(30)20-9-10-21-7-5-11-28(21)16-20/h5-13,15-18,26-27H,4,14H2,1-3H3. The molecule has 0 saturated carbocycles. The monoisotopic (exact) mass is 416 g/mol. The van der Waals surface area contributed by atoms with E-state index in [1.54, 1.807) is 0 Å². The number of aromatic nitrogens is 2. The van der Waals surface area contributed by atoms with E-state index < -0.39 is 0 Å². The van der Waals surface area contributed by atoms with Gasteiger partial charge in [0, 0.05) is 48.0 Å². The molecule has 4 aromatic rings. The number of pyridine rings is 2. The first-order valence-corrected chi connectivity index (χ1v) is 10.7. The lowest BCUT2D eigenvalue weighted by molar-refractivity contribution is 0.0944. The van der Waals surface area contributed by atoms with Crippen molar-refractivity contribution in [2.24, 2.45) is 0 Å². The zero-order valence-electron chi connectivity index (χ0n) is 18.1. The molecule has 0 aliphatic carbocycles. The fourth-order valence-corrected chi connectivity index (χ4v) is 3.92. The Kier molecular flexibility index (Phi) is 6.02. The molecule has 4 rings (SSSR count). The van der Waals surface area contributed by atoms with Gasteiger partial charge in [-0.25, -0.2) is 0 Å². The third-order valence-electron chi connectivity index (χ3n) is 5.67. The van der Waals surface area contributed by atoms with Crippen LogP contribution in [0, 0.1) is 0 Å². The van der Waals surface area contributed by atoms with Gasteiger partial charge in [-0.05, 0) is 68.4 Å². The second-order valence-corrected chi connectivity index (χ2v) is 7.93. The number of Topliss-reactive ketones (excluding diaryl/α,β-unsaturated/α-hetero) is 2. The SMILES string of the molecule is CCNC(C)C(=O)c1cccn2cc(CNC(C)C(=O)c3ccc4cccn4c3)cc12. The fraction of sp³-hybridized carbons (Fsp3) is 0.280. The van der Waals surface area contributed by atoms with Gasteiger partial charge in [0.05, 0.1) is 17.6 Å². The van der Waals surface area contributed by atoms with Crippen LogP contribution in [0.1, 0.15) is 47.1 Å². The number of hydrogen-bond acceptors (Lipinski definition) is 4. The Morgan fingerprint density at radius 3 is 2.45 bits per heavy atom. The van der Waals surface area contributed by atoms with Gasteiger partial charge in [-0.15, -0.1) is 0 Å². The Hall–Kier alpha value is -3.22. The van der Waals surface area contributed by atoms with E-state index >= 15 is 0 Å². The molecule has 4 heterocycles. The van der Waals surface area contributed by atoms with E-state index in [9.17, 15) is 9.59 Å². The van der Waals surface area contributed by atoms with Crippen LogP contribution in [-0.2, 0) is 6.54 Å². The molecule has 0 fully saturated rings. The van der Waals surface area contributed by atoms with Crippen molar-refractivity contribution in [3.8, 4) is 0 Å². The summed E-state index contributed by atoms with van der Waals surface area (Å²) in [4.78, 5) is 25.7. The van der Waals surface area contributed by atoms with Crippen LogP contribution in [0.25, 0.3) is 11.0 Å². The van der Waals surface area contributed by atoms with Gasteiger partial charge in [0.1, 0.15) is 0 Å². The van der Waals surface area contributed by atoms with E-state index in [0.29, 0.717) is 17.7 Å². The molecule has 2 unspecified atom stereocenters. The van der Waals surface area contributed by atoms with Crippen LogP contribution in [0.4, 0.5) is 0 Å². The summed E-state index contributed by atoms with van der Waals surface area (Å²) in [6, 6.07) is 13.0. The predicted molar refractivity (Wildman–Crippen MR) is 123 cm³/mol. The summed E-state index contributed by atoms with van der Waals surface area (Å²) in [5, 5.41) is 6.50. The lowest BCUT2D eigenvalue weighted by Gasteiger charge is -2.12. The van der Waals surface area contributed by atoms with Gasteiger partial charge in [-0.3, -0.25) is 9.59 Å². The van der Waals surface area contributed by atoms with E-state index in [0.717, 1.165) is 23.1 Å². The molecule has 2 N–H and O–H groups in total. The second-order valence-electron chi connectivity index (χ2n) is 7.93. The minimum Gasteiger partial charge on any atom is -0.323 e. The van der Waals surface area contributed by atoms with Crippen LogP contribution in [0.15, 0.2) is 67.3 Å². The average Bonchev–Trinajstić information content (AvgIpc) is 3.42. The van der Waals surface area contributed by atoms with Crippen LogP contribution in [0.2, 0.25) is 0 Å². The topological polar surface area (TPSA) is 67.0 Å². The average molecular weight is 417 g/mol. The highest BCUT2D eigenvalue weighted by Gasteiger charge is 2.19. The summed E-state index contributed by atoms with van der Waals surface area (Å²) < 4.78 is 3.92. The van der Waals surface area contributed by atoms with E-state index in [1.807, 2.05) is 96.8 Å². The summed E-state index contributed by atoms with van der Waals surface area (Å²) in [6.07, 6.45) is 7.74. The molecule has 2 atom stereocenters. The van der Waals surface area contributed by atoms with Gasteiger partial charge in [0.2, 0.25) is 0 Å². The number of nitrogens with zero attached hydrogens (tertiary/aromatic N) is 2. The summed E-state index contributed by atoms with van der Waals surface area (Å²) >= 11 is 0. The third kappa shape index (κ3) is 4.31. The number of likely N-dealkylation sites (N-methyl/N-ethyl adjacent to an activating group) is 1. The number of fused-ring (bicyclic) bond motifs is 2. The van der Waals surface area contributed by atoms with Gasteiger partial charge in [0.15, 0.2) is 11.6 Å². The summed E-state index contributed by atoms with van der Waals surface area (Å²) in [7, 11) is 0. The lowest BCUT2D eigenvalue weighted by Crippen LogP contribution is -2.33. The lowest BCUT2D eigenvalue weighted by atomic mass is 10.0. The van der Waals surface area contributed by atoms with E-state index in [1.165, 1.54) is 0 Å². The van der Waals surface area contributed by atoms with Crippen LogP contribution in [0.5, 0.6) is 0 Å². The van der Waals surface area contributed by atoms with Crippen molar-refractivity contribution in [1.82, 2.24) is 19.4 Å². The maximum Gasteiger partial charge on any atom is 0.181 e. The molecule has 0 aromatic carbocycles. The molecule has 0 radical (unpaired) electrons. The van der Waals surface area contributed by atoms with Crippen molar-refractivity contribution in [3.63, 3.8) is 0 Å². The molecule has 6 nitrogen and oxygen atoms in total. The van der Waals surface area contributed by atoms with Crippen LogP contribution >= 0.6 is 0 Å². The molecule has 0 bridgehead atoms. The van der Waals surface area contributed by atoms with Crippen molar-refractivity contribution < 1.29 is 9.59 Å². The molecular formula is C25H28N4O2. The Morgan fingerprint density at radius 1 is 0.903 bits per heavy atom. The minimum atomic E-state index is -0.328. The molecule has 0 saturated heterocycles. The maximum atomic E-state index is 12.9.